The van der Waals surface area contributed by atoms with Crippen LogP contribution < -0.4 is 20.9 Å². The van der Waals surface area contributed by atoms with Gasteiger partial charge >= 0.3 is 12.6 Å². The first-order chi connectivity index (χ1) is 29.7. The van der Waals surface area contributed by atoms with E-state index in [-0.39, 0.29) is 36.3 Å². The van der Waals surface area contributed by atoms with E-state index in [0.29, 0.717) is 22.8 Å². The van der Waals surface area contributed by atoms with Crippen molar-refractivity contribution in [3.63, 3.8) is 0 Å². The van der Waals surface area contributed by atoms with Crippen LogP contribution in [0.2, 0.25) is 0 Å². The number of hydrogen-bond donors (Lipinski definition) is 4. The van der Waals surface area contributed by atoms with E-state index < -0.39 is 53.8 Å². The number of methoxy groups -OCH3 is 1. The van der Waals surface area contributed by atoms with Crippen molar-refractivity contribution in [2.24, 2.45) is 5.41 Å². The molecule has 3 fully saturated rings. The average molecular weight is 861 g/mol. The lowest BCUT2D eigenvalue weighted by molar-refractivity contribution is -0.127. The van der Waals surface area contributed by atoms with E-state index in [1.807, 2.05) is 36.4 Å². The molecule has 2 bridgehead atoms. The molecule has 0 saturated carbocycles. The summed E-state index contributed by atoms with van der Waals surface area (Å²) in [7, 11) is 1.18. The number of amides is 2. The van der Waals surface area contributed by atoms with Gasteiger partial charge in [-0.2, -0.15) is 13.9 Å². The van der Waals surface area contributed by atoms with Crippen molar-refractivity contribution >= 4 is 17.8 Å². The molecule has 3 saturated heterocycles. The van der Waals surface area contributed by atoms with Crippen LogP contribution in [0, 0.1) is 28.9 Å². The lowest BCUT2D eigenvalue weighted by Crippen LogP contribution is -2.62. The summed E-state index contributed by atoms with van der Waals surface area (Å²) in [5.74, 6) is 4.86. The predicted molar refractivity (Wildman–Crippen MR) is 223 cm³/mol. The van der Waals surface area contributed by atoms with Crippen LogP contribution in [-0.2, 0) is 27.2 Å². The maximum absolute atomic E-state index is 15.1. The van der Waals surface area contributed by atoms with Crippen molar-refractivity contribution in [2.45, 2.75) is 89.4 Å². The van der Waals surface area contributed by atoms with Crippen LogP contribution in [0.1, 0.15) is 62.4 Å². The number of pyridine rings is 1. The molecule has 7 rings (SSSR count). The Morgan fingerprint density at radius 3 is 2.18 bits per heavy atom. The second kappa shape index (κ2) is 19.2. The molecule has 0 aliphatic carbocycles. The molecule has 2 aromatic carbocycles. The Labute approximate surface area is 358 Å². The standard InChI is InChI=1S/C45H52F4N8O5/c1-45(2,3)41(53-44(60)61-4)42(59)52-38(39(58)22-50-21-34-35(46)18-30(19-36(34)47)37-15-16-56(54-37)43(48)49)17-28-8-5-27(6-9-28)7-10-29-11-14-40(51-20-29)55-23-31-12-13-32(24-55)57(31)33-25-62-26-33/h5-6,8-9,11,14-16,18-20,31-33,38-39,41,43,50,58H,12-13,17,21-26H2,1-4H3,(H,52,59)(H,53,60)/t31?,32?,38-,39-,41+/m0/s1. The number of alkyl carbamates (subject to hydrolysis) is 1. The fraction of sp³-hybridized carbons (Fsp3) is 0.467. The zero-order valence-corrected chi connectivity index (χ0v) is 35.1. The third kappa shape index (κ3) is 10.6. The Kier molecular flexibility index (Phi) is 13.8. The third-order valence-electron chi connectivity index (χ3n) is 11.7. The van der Waals surface area contributed by atoms with Gasteiger partial charge in [-0.05, 0) is 72.7 Å². The summed E-state index contributed by atoms with van der Waals surface area (Å²) in [6.45, 7) is 5.42. The largest absolute Gasteiger partial charge is 0.453 e. The number of benzene rings is 2. The van der Waals surface area contributed by atoms with Gasteiger partial charge in [-0.3, -0.25) is 9.69 Å². The van der Waals surface area contributed by atoms with E-state index in [0.717, 1.165) is 67.1 Å². The van der Waals surface area contributed by atoms with Crippen molar-refractivity contribution in [1.29, 1.82) is 0 Å². The zero-order valence-electron chi connectivity index (χ0n) is 35.1. The molecule has 4 N–H and O–H groups in total. The van der Waals surface area contributed by atoms with Gasteiger partial charge < -0.3 is 35.4 Å². The number of aliphatic hydroxyl groups excluding tert-OH is 1. The Morgan fingerprint density at radius 2 is 1.61 bits per heavy atom. The molecule has 5 atom stereocenters. The number of ether oxygens (including phenoxy) is 2. The summed E-state index contributed by atoms with van der Waals surface area (Å²) in [5.41, 5.74) is 1.13. The molecule has 2 aromatic heterocycles. The summed E-state index contributed by atoms with van der Waals surface area (Å²) >= 11 is 0. The molecule has 330 valence electrons. The molecule has 17 heteroatoms. The van der Waals surface area contributed by atoms with Gasteiger partial charge in [0.25, 0.3) is 0 Å². The predicted octanol–water partition coefficient (Wildman–Crippen LogP) is 5.02. The van der Waals surface area contributed by atoms with Crippen molar-refractivity contribution in [2.75, 3.05) is 44.9 Å². The lowest BCUT2D eigenvalue weighted by Gasteiger charge is -2.47. The number of aromatic nitrogens is 3. The highest BCUT2D eigenvalue weighted by molar-refractivity contribution is 5.86. The Hall–Kier alpha value is -5.54. The highest BCUT2D eigenvalue weighted by Gasteiger charge is 2.45. The van der Waals surface area contributed by atoms with Crippen LogP contribution in [0.3, 0.4) is 0 Å². The monoisotopic (exact) mass is 860 g/mol. The fourth-order valence-electron chi connectivity index (χ4n) is 8.29. The highest BCUT2D eigenvalue weighted by Crippen LogP contribution is 2.35. The zero-order chi connectivity index (χ0) is 44.1. The van der Waals surface area contributed by atoms with Crippen LogP contribution in [-0.4, -0.2) is 113 Å². The molecule has 62 heavy (non-hydrogen) atoms. The van der Waals surface area contributed by atoms with E-state index in [1.54, 1.807) is 27.0 Å². The van der Waals surface area contributed by atoms with Crippen molar-refractivity contribution in [3.8, 4) is 23.1 Å². The van der Waals surface area contributed by atoms with E-state index in [2.05, 4.69) is 42.7 Å². The van der Waals surface area contributed by atoms with Gasteiger partial charge in [0.05, 0.1) is 44.2 Å². The van der Waals surface area contributed by atoms with Crippen molar-refractivity contribution in [3.05, 3.63) is 101 Å². The summed E-state index contributed by atoms with van der Waals surface area (Å²) in [4.78, 5) is 35.6. The van der Waals surface area contributed by atoms with Gasteiger partial charge in [0, 0.05) is 72.9 Å². The quantitative estimate of drug-likeness (QED) is 0.101. The molecule has 5 heterocycles. The smallest absolute Gasteiger partial charge is 0.407 e. The van der Waals surface area contributed by atoms with Crippen LogP contribution >= 0.6 is 0 Å². The molecule has 3 aliphatic rings. The molecule has 0 radical (unpaired) electrons. The first-order valence-electron chi connectivity index (χ1n) is 20.7. The number of aliphatic hydroxyl groups is 1. The van der Waals surface area contributed by atoms with Crippen molar-refractivity contribution < 1.29 is 41.7 Å². The van der Waals surface area contributed by atoms with Gasteiger partial charge in [0.2, 0.25) is 5.91 Å². The average Bonchev–Trinajstić information content (AvgIpc) is 3.81. The molecular formula is C45H52F4N8O5. The second-order valence-electron chi connectivity index (χ2n) is 17.1. The number of nitrogens with zero attached hydrogens (tertiary/aromatic N) is 5. The number of carbonyl (C=O) groups excluding carboxylic acids is 2. The lowest BCUT2D eigenvalue weighted by atomic mass is 9.85. The minimum absolute atomic E-state index is 0.0189. The topological polar surface area (TPSA) is 146 Å². The summed E-state index contributed by atoms with van der Waals surface area (Å²) in [5, 5.41) is 23.4. The molecular weight excluding hydrogens is 809 g/mol. The van der Waals surface area contributed by atoms with Crippen LogP contribution in [0.4, 0.5) is 28.2 Å². The number of carbonyl (C=O) groups is 2. The molecule has 0 spiro atoms. The van der Waals surface area contributed by atoms with Crippen LogP contribution in [0.25, 0.3) is 11.3 Å². The van der Waals surface area contributed by atoms with Crippen LogP contribution in [0.5, 0.6) is 0 Å². The number of nitrogens with one attached hydrogen (secondary N) is 3. The summed E-state index contributed by atoms with van der Waals surface area (Å²) < 4.78 is 66.8. The number of anilines is 1. The minimum atomic E-state index is -2.91. The van der Waals surface area contributed by atoms with Gasteiger partial charge in [0.1, 0.15) is 23.5 Å². The SMILES string of the molecule is COC(=O)N[C@H](C(=O)N[C@@H](Cc1ccc(C#Cc2ccc(N3CC4CCC(C3)N4C3COC3)nc2)cc1)[C@@H](O)CNCc1c(F)cc(-c2ccn(C(F)F)n2)cc1F)C(C)(C)C. The Balaban J connectivity index is 0.997. The number of fused-ring (bicyclic) bond motifs is 2. The number of rotatable bonds is 14. The van der Waals surface area contributed by atoms with E-state index >= 15 is 8.78 Å². The molecule has 4 aromatic rings. The summed E-state index contributed by atoms with van der Waals surface area (Å²) in [6.07, 6.45) is 3.28. The van der Waals surface area contributed by atoms with E-state index in [9.17, 15) is 23.5 Å². The molecule has 3 aliphatic heterocycles. The molecule has 2 unspecified atom stereocenters. The Morgan fingerprint density at radius 1 is 0.952 bits per heavy atom. The van der Waals surface area contributed by atoms with Gasteiger partial charge in [0.15, 0.2) is 0 Å². The van der Waals surface area contributed by atoms with Crippen molar-refractivity contribution in [1.82, 2.24) is 35.6 Å². The van der Waals surface area contributed by atoms with Crippen LogP contribution in [0.15, 0.2) is 67.0 Å². The molecule has 2 amide bonds. The first-order valence-corrected chi connectivity index (χ1v) is 20.7. The van der Waals surface area contributed by atoms with Gasteiger partial charge in [-0.15, -0.1) is 0 Å². The number of hydrogen-bond acceptors (Lipinski definition) is 10. The van der Waals surface area contributed by atoms with E-state index in [4.69, 9.17) is 14.5 Å². The first kappa shape index (κ1) is 44.5. The maximum Gasteiger partial charge on any atom is 0.407 e. The number of alkyl halides is 2. The van der Waals surface area contributed by atoms with Gasteiger partial charge in [-0.1, -0.05) is 44.7 Å². The maximum atomic E-state index is 15.1. The highest BCUT2D eigenvalue weighted by atomic mass is 19.3. The van der Waals surface area contributed by atoms with Gasteiger partial charge in [-0.25, -0.2) is 23.2 Å². The van der Waals surface area contributed by atoms with E-state index in [1.165, 1.54) is 26.0 Å². The molecule has 13 nitrogen and oxygen atoms in total. The summed E-state index contributed by atoms with van der Waals surface area (Å²) in [6, 6.07) is 14.2. The minimum Gasteiger partial charge on any atom is -0.453 e. The fourth-order valence-corrected chi connectivity index (χ4v) is 8.29. The Bertz CT molecular complexity index is 2220. The normalized spacial score (nSPS) is 19.3. The second-order valence-corrected chi connectivity index (χ2v) is 17.1. The third-order valence-corrected chi connectivity index (χ3v) is 11.7. The number of halogens is 4. The number of piperazine rings is 1.